The third kappa shape index (κ3) is 5.14. The topological polar surface area (TPSA) is 109 Å². The molecule has 41 heavy (non-hydrogen) atoms. The number of nitrogens with one attached hydrogen (secondary N) is 2. The van der Waals surface area contributed by atoms with E-state index in [0.29, 0.717) is 16.5 Å². The third-order valence-corrected chi connectivity index (χ3v) is 7.67. The predicted molar refractivity (Wildman–Crippen MR) is 162 cm³/mol. The lowest BCUT2D eigenvalue weighted by Gasteiger charge is -2.29. The summed E-state index contributed by atoms with van der Waals surface area (Å²) in [6, 6.07) is 18.0. The molecule has 5 rings (SSSR count). The standard InChI is InChI=1S/C31H31N5O4S/c1-17-9-10-21(30(38)39)15-26(17)35-18(2)14-23(19(35)3)29-28(24-8-6-7-13-32-24)34-31(41)36(29)22-11-12-27(40-5)25(16-22)33-20(4)37/h6-16,28-29H,1-5H3,(H,33,37)(H,34,41)(H,38,39)/t28-,29+/m1/s1. The zero-order valence-electron chi connectivity index (χ0n) is 23.4. The van der Waals surface area contributed by atoms with Crippen LogP contribution in [0.4, 0.5) is 11.4 Å². The highest BCUT2D eigenvalue weighted by atomic mass is 32.1. The summed E-state index contributed by atoms with van der Waals surface area (Å²) in [5.41, 5.74) is 7.01. The molecule has 4 aromatic rings. The Hall–Kier alpha value is -4.70. The summed E-state index contributed by atoms with van der Waals surface area (Å²) in [4.78, 5) is 30.4. The minimum atomic E-state index is -0.977. The molecule has 0 saturated carbocycles. The largest absolute Gasteiger partial charge is 0.495 e. The van der Waals surface area contributed by atoms with Crippen LogP contribution in [0.3, 0.4) is 0 Å². The highest BCUT2D eigenvalue weighted by Crippen LogP contribution is 2.45. The fourth-order valence-corrected chi connectivity index (χ4v) is 5.87. The Morgan fingerprint density at radius 1 is 1.07 bits per heavy atom. The molecule has 0 bridgehead atoms. The molecular formula is C31H31N5O4S. The van der Waals surface area contributed by atoms with Gasteiger partial charge in [0.1, 0.15) is 5.75 Å². The first-order chi connectivity index (χ1) is 19.6. The number of anilines is 2. The number of ether oxygens (including phenoxy) is 1. The fourth-order valence-electron chi connectivity index (χ4n) is 5.52. The zero-order valence-corrected chi connectivity index (χ0v) is 24.2. The van der Waals surface area contributed by atoms with E-state index in [-0.39, 0.29) is 23.6 Å². The number of carbonyl (C=O) groups is 2. The Bertz CT molecular complexity index is 1670. The SMILES string of the molecule is COc1ccc(N2C(=S)N[C@H](c3ccccn3)[C@@H]2c2cc(C)n(-c3cc(C(=O)O)ccc3C)c2C)cc1NC(C)=O. The Kier molecular flexibility index (Phi) is 7.51. The molecular weight excluding hydrogens is 538 g/mol. The van der Waals surface area contributed by atoms with Gasteiger partial charge in [0.2, 0.25) is 5.91 Å². The van der Waals surface area contributed by atoms with Gasteiger partial charge in [-0.25, -0.2) is 4.79 Å². The van der Waals surface area contributed by atoms with E-state index in [4.69, 9.17) is 17.0 Å². The Balaban J connectivity index is 1.70. The summed E-state index contributed by atoms with van der Waals surface area (Å²) in [7, 11) is 1.55. The number of hydrogen-bond donors (Lipinski definition) is 3. The number of carboxylic acids is 1. The summed E-state index contributed by atoms with van der Waals surface area (Å²) < 4.78 is 7.57. The maximum absolute atomic E-state index is 11.9. The van der Waals surface area contributed by atoms with Gasteiger partial charge in [-0.3, -0.25) is 9.78 Å². The normalized spacial score (nSPS) is 16.4. The lowest BCUT2D eigenvalue weighted by Crippen LogP contribution is -2.29. The van der Waals surface area contributed by atoms with Crippen molar-refractivity contribution in [3.63, 3.8) is 0 Å². The average Bonchev–Trinajstić information content (AvgIpc) is 3.43. The van der Waals surface area contributed by atoms with E-state index in [1.54, 1.807) is 31.5 Å². The number of aryl methyl sites for hydroxylation is 2. The van der Waals surface area contributed by atoms with E-state index in [1.165, 1.54) is 6.92 Å². The van der Waals surface area contributed by atoms with Gasteiger partial charge in [0.25, 0.3) is 0 Å². The molecule has 2 atom stereocenters. The Morgan fingerprint density at radius 3 is 2.51 bits per heavy atom. The van der Waals surface area contributed by atoms with Gasteiger partial charge in [-0.1, -0.05) is 12.1 Å². The summed E-state index contributed by atoms with van der Waals surface area (Å²) in [5.74, 6) is -0.657. The van der Waals surface area contributed by atoms with E-state index >= 15 is 0 Å². The molecule has 0 aliphatic carbocycles. The molecule has 0 radical (unpaired) electrons. The number of carbonyl (C=O) groups excluding carboxylic acids is 1. The van der Waals surface area contributed by atoms with E-state index in [9.17, 15) is 14.7 Å². The van der Waals surface area contributed by atoms with Crippen molar-refractivity contribution < 1.29 is 19.4 Å². The van der Waals surface area contributed by atoms with Gasteiger partial charge in [0.05, 0.1) is 36.1 Å². The molecule has 2 aromatic heterocycles. The van der Waals surface area contributed by atoms with Crippen LogP contribution in [0.15, 0.2) is 66.9 Å². The molecule has 0 spiro atoms. The number of carboxylic acid groups (broad SMARTS) is 1. The van der Waals surface area contributed by atoms with Crippen molar-refractivity contribution in [2.75, 3.05) is 17.3 Å². The number of thiocarbonyl (C=S) groups is 1. The van der Waals surface area contributed by atoms with Crippen LogP contribution in [0.25, 0.3) is 5.69 Å². The summed E-state index contributed by atoms with van der Waals surface area (Å²) in [6.07, 6.45) is 1.76. The molecule has 2 aromatic carbocycles. The van der Waals surface area contributed by atoms with Crippen LogP contribution in [0, 0.1) is 20.8 Å². The van der Waals surface area contributed by atoms with Gasteiger partial charge in [0, 0.05) is 35.9 Å². The second-order valence-corrected chi connectivity index (χ2v) is 10.4. The molecule has 1 fully saturated rings. The van der Waals surface area contributed by atoms with Crippen LogP contribution in [0.1, 0.15) is 57.6 Å². The molecule has 210 valence electrons. The molecule has 0 unspecified atom stereocenters. The van der Waals surface area contributed by atoms with E-state index in [1.807, 2.05) is 62.1 Å². The molecule has 10 heteroatoms. The van der Waals surface area contributed by atoms with Crippen molar-refractivity contribution in [2.24, 2.45) is 0 Å². The lowest BCUT2D eigenvalue weighted by atomic mass is 9.96. The highest BCUT2D eigenvalue weighted by molar-refractivity contribution is 7.80. The molecule has 1 saturated heterocycles. The number of benzene rings is 2. The van der Waals surface area contributed by atoms with Crippen LogP contribution < -0.4 is 20.3 Å². The van der Waals surface area contributed by atoms with Crippen molar-refractivity contribution >= 4 is 40.6 Å². The number of aromatic nitrogens is 2. The summed E-state index contributed by atoms with van der Waals surface area (Å²) >= 11 is 5.91. The zero-order chi connectivity index (χ0) is 29.4. The number of hydrogen-bond acceptors (Lipinski definition) is 5. The maximum atomic E-state index is 11.9. The van der Waals surface area contributed by atoms with Crippen LogP contribution in [-0.2, 0) is 4.79 Å². The molecule has 9 nitrogen and oxygen atoms in total. The van der Waals surface area contributed by atoms with Crippen LogP contribution in [-0.4, -0.2) is 38.8 Å². The average molecular weight is 570 g/mol. The summed E-state index contributed by atoms with van der Waals surface area (Å²) in [5, 5.41) is 16.5. The van der Waals surface area contributed by atoms with Gasteiger partial charge >= 0.3 is 5.97 Å². The predicted octanol–water partition coefficient (Wildman–Crippen LogP) is 5.64. The molecule has 3 heterocycles. The number of methoxy groups -OCH3 is 1. The third-order valence-electron chi connectivity index (χ3n) is 7.36. The minimum absolute atomic E-state index is 0.215. The number of nitrogens with zero attached hydrogens (tertiary/aromatic N) is 3. The van der Waals surface area contributed by atoms with Gasteiger partial charge < -0.3 is 29.9 Å². The van der Waals surface area contributed by atoms with E-state index in [0.717, 1.165) is 39.6 Å². The Labute approximate surface area is 243 Å². The van der Waals surface area contributed by atoms with Gasteiger partial charge in [-0.15, -0.1) is 0 Å². The van der Waals surface area contributed by atoms with Crippen molar-refractivity contribution in [3.05, 3.63) is 101 Å². The quantitative estimate of drug-likeness (QED) is 0.246. The van der Waals surface area contributed by atoms with Crippen molar-refractivity contribution in [1.82, 2.24) is 14.9 Å². The van der Waals surface area contributed by atoms with Gasteiger partial charge in [-0.2, -0.15) is 0 Å². The maximum Gasteiger partial charge on any atom is 0.335 e. The Morgan fingerprint density at radius 2 is 1.85 bits per heavy atom. The van der Waals surface area contributed by atoms with E-state index in [2.05, 4.69) is 26.3 Å². The molecule has 1 amide bonds. The first-order valence-corrected chi connectivity index (χ1v) is 13.5. The first-order valence-electron chi connectivity index (χ1n) is 13.1. The lowest BCUT2D eigenvalue weighted by molar-refractivity contribution is -0.114. The van der Waals surface area contributed by atoms with Crippen LogP contribution in [0.2, 0.25) is 0 Å². The second kappa shape index (κ2) is 11.1. The number of aromatic carboxylic acids is 1. The number of rotatable bonds is 7. The molecule has 1 aliphatic heterocycles. The first kappa shape index (κ1) is 27.9. The number of pyridine rings is 1. The fraction of sp³-hybridized carbons (Fsp3) is 0.226. The van der Waals surface area contributed by atoms with Gasteiger partial charge in [-0.05, 0) is 92.6 Å². The summed E-state index contributed by atoms with van der Waals surface area (Å²) in [6.45, 7) is 7.45. The van der Waals surface area contributed by atoms with Crippen molar-refractivity contribution in [2.45, 2.75) is 39.8 Å². The monoisotopic (exact) mass is 569 g/mol. The number of amides is 1. The van der Waals surface area contributed by atoms with Gasteiger partial charge in [0.15, 0.2) is 5.11 Å². The van der Waals surface area contributed by atoms with Crippen LogP contribution in [0.5, 0.6) is 5.75 Å². The van der Waals surface area contributed by atoms with Crippen molar-refractivity contribution in [3.8, 4) is 11.4 Å². The smallest absolute Gasteiger partial charge is 0.335 e. The van der Waals surface area contributed by atoms with E-state index < -0.39 is 5.97 Å². The highest BCUT2D eigenvalue weighted by Gasteiger charge is 2.42. The minimum Gasteiger partial charge on any atom is -0.495 e. The van der Waals surface area contributed by atoms with Crippen LogP contribution >= 0.6 is 12.2 Å². The van der Waals surface area contributed by atoms with Crippen molar-refractivity contribution in [1.29, 1.82) is 0 Å². The molecule has 3 N–H and O–H groups in total. The molecule has 1 aliphatic rings. The second-order valence-electron chi connectivity index (χ2n) is 10.0.